The van der Waals surface area contributed by atoms with E-state index in [1.165, 1.54) is 6.20 Å². The van der Waals surface area contributed by atoms with Crippen LogP contribution in [0.1, 0.15) is 19.4 Å². The third kappa shape index (κ3) is 3.72. The number of aromatic nitrogens is 1. The summed E-state index contributed by atoms with van der Waals surface area (Å²) < 4.78 is 27.4. The van der Waals surface area contributed by atoms with Crippen LogP contribution in [0.4, 0.5) is 11.5 Å². The van der Waals surface area contributed by atoms with E-state index in [-0.39, 0.29) is 4.90 Å². The van der Waals surface area contributed by atoms with Gasteiger partial charge in [-0.15, -0.1) is 0 Å². The number of hydrogen-bond acceptors (Lipinski definition) is 4. The molecule has 1 aromatic heterocycles. The maximum atomic E-state index is 12.4. The van der Waals surface area contributed by atoms with Crippen LogP contribution >= 0.6 is 0 Å². The molecular weight excluding hydrogens is 286 g/mol. The Hall–Kier alpha value is -2.08. The molecule has 0 unspecified atom stereocenters. The van der Waals surface area contributed by atoms with Crippen molar-refractivity contribution in [2.45, 2.75) is 25.2 Å². The van der Waals surface area contributed by atoms with Crippen LogP contribution in [-0.4, -0.2) is 19.9 Å². The van der Waals surface area contributed by atoms with Crippen molar-refractivity contribution < 1.29 is 8.42 Å². The highest BCUT2D eigenvalue weighted by molar-refractivity contribution is 7.92. The zero-order chi connectivity index (χ0) is 15.3. The van der Waals surface area contributed by atoms with Gasteiger partial charge in [0.15, 0.2) is 0 Å². The third-order valence-electron chi connectivity index (χ3n) is 3.05. The molecule has 0 amide bonds. The van der Waals surface area contributed by atoms with E-state index in [0.717, 1.165) is 18.5 Å². The fourth-order valence-electron chi connectivity index (χ4n) is 1.96. The summed E-state index contributed by atoms with van der Waals surface area (Å²) in [5.41, 5.74) is 1.56. The van der Waals surface area contributed by atoms with E-state index in [1.807, 2.05) is 32.0 Å². The van der Waals surface area contributed by atoms with Gasteiger partial charge >= 0.3 is 0 Å². The molecule has 0 atom stereocenters. The van der Waals surface area contributed by atoms with Gasteiger partial charge in [-0.25, -0.2) is 13.4 Å². The van der Waals surface area contributed by atoms with E-state index in [4.69, 9.17) is 0 Å². The third-order valence-corrected chi connectivity index (χ3v) is 4.40. The Kier molecular flexibility index (Phi) is 4.80. The Morgan fingerprint density at radius 2 is 1.86 bits per heavy atom. The standard InChI is InChI=1S/C15H19N3O2S/c1-3-12-7-5-6-8-14(12)18-21(19,20)13-9-10-15(16-4-2)17-11-13/h5-11,18H,3-4H2,1-2H3,(H,16,17). The molecule has 2 N–H and O–H groups in total. The second-order valence-electron chi connectivity index (χ2n) is 4.53. The van der Waals surface area contributed by atoms with Gasteiger partial charge in [-0.05, 0) is 37.1 Å². The van der Waals surface area contributed by atoms with E-state index in [2.05, 4.69) is 15.0 Å². The van der Waals surface area contributed by atoms with Crippen molar-refractivity contribution in [1.82, 2.24) is 4.98 Å². The number of anilines is 2. The van der Waals surface area contributed by atoms with Gasteiger partial charge < -0.3 is 5.32 Å². The Labute approximate surface area is 125 Å². The topological polar surface area (TPSA) is 71.1 Å². The molecule has 2 aromatic rings. The number of sulfonamides is 1. The molecule has 6 heteroatoms. The number of aryl methyl sites for hydroxylation is 1. The van der Waals surface area contributed by atoms with Crippen molar-refractivity contribution in [3.8, 4) is 0 Å². The average molecular weight is 305 g/mol. The maximum Gasteiger partial charge on any atom is 0.263 e. The number of pyridine rings is 1. The molecule has 0 saturated carbocycles. The largest absolute Gasteiger partial charge is 0.370 e. The van der Waals surface area contributed by atoms with Crippen molar-refractivity contribution >= 4 is 21.5 Å². The highest BCUT2D eigenvalue weighted by Gasteiger charge is 2.15. The Balaban J connectivity index is 2.25. The molecule has 0 bridgehead atoms. The molecule has 1 aromatic carbocycles. The minimum atomic E-state index is -3.62. The predicted octanol–water partition coefficient (Wildman–Crippen LogP) is 2.88. The zero-order valence-electron chi connectivity index (χ0n) is 12.1. The molecule has 0 saturated heterocycles. The van der Waals surface area contributed by atoms with Gasteiger partial charge in [0.2, 0.25) is 0 Å². The van der Waals surface area contributed by atoms with Crippen molar-refractivity contribution in [3.05, 3.63) is 48.2 Å². The second kappa shape index (κ2) is 6.58. The number of para-hydroxylation sites is 1. The van der Waals surface area contributed by atoms with Crippen molar-refractivity contribution in [2.24, 2.45) is 0 Å². The minimum Gasteiger partial charge on any atom is -0.370 e. The van der Waals surface area contributed by atoms with Crippen LogP contribution in [0.25, 0.3) is 0 Å². The van der Waals surface area contributed by atoms with Crippen molar-refractivity contribution in [1.29, 1.82) is 0 Å². The van der Waals surface area contributed by atoms with Gasteiger partial charge in [0.05, 0.1) is 5.69 Å². The van der Waals surface area contributed by atoms with E-state index < -0.39 is 10.0 Å². The normalized spacial score (nSPS) is 11.1. The highest BCUT2D eigenvalue weighted by atomic mass is 32.2. The van der Waals surface area contributed by atoms with Crippen LogP contribution in [0.5, 0.6) is 0 Å². The SMILES string of the molecule is CCNc1ccc(S(=O)(=O)Nc2ccccc2CC)cn1. The van der Waals surface area contributed by atoms with E-state index in [1.54, 1.807) is 18.2 Å². The lowest BCUT2D eigenvalue weighted by atomic mass is 10.1. The van der Waals surface area contributed by atoms with E-state index in [9.17, 15) is 8.42 Å². The number of rotatable bonds is 6. The van der Waals surface area contributed by atoms with Gasteiger partial charge in [0, 0.05) is 12.7 Å². The Bertz CT molecular complexity index is 697. The molecule has 1 heterocycles. The number of nitrogens with one attached hydrogen (secondary N) is 2. The van der Waals surface area contributed by atoms with Gasteiger partial charge in [-0.3, -0.25) is 4.72 Å². The summed E-state index contributed by atoms with van der Waals surface area (Å²) in [7, 11) is -3.62. The van der Waals surface area contributed by atoms with Crippen LogP contribution in [0, 0.1) is 0 Å². The summed E-state index contributed by atoms with van der Waals surface area (Å²) >= 11 is 0. The summed E-state index contributed by atoms with van der Waals surface area (Å²) in [6.45, 7) is 4.68. The molecule has 0 aliphatic rings. The first-order chi connectivity index (χ1) is 10.1. The fourth-order valence-corrected chi connectivity index (χ4v) is 3.00. The lowest BCUT2D eigenvalue weighted by Gasteiger charge is -2.11. The van der Waals surface area contributed by atoms with Crippen LogP contribution in [0.3, 0.4) is 0 Å². The zero-order valence-corrected chi connectivity index (χ0v) is 12.9. The summed E-state index contributed by atoms with van der Waals surface area (Å²) in [6.07, 6.45) is 2.12. The summed E-state index contributed by atoms with van der Waals surface area (Å²) in [6, 6.07) is 10.6. The first-order valence-corrected chi connectivity index (χ1v) is 8.35. The quantitative estimate of drug-likeness (QED) is 0.861. The van der Waals surface area contributed by atoms with Crippen LogP contribution in [0.2, 0.25) is 0 Å². The molecular formula is C15H19N3O2S. The molecule has 112 valence electrons. The molecule has 0 fully saturated rings. The first kappa shape index (κ1) is 15.3. The van der Waals surface area contributed by atoms with Crippen molar-refractivity contribution in [2.75, 3.05) is 16.6 Å². The smallest absolute Gasteiger partial charge is 0.263 e. The molecule has 2 rings (SSSR count). The first-order valence-electron chi connectivity index (χ1n) is 6.87. The van der Waals surface area contributed by atoms with Crippen LogP contribution in [-0.2, 0) is 16.4 Å². The molecule has 0 spiro atoms. The summed E-state index contributed by atoms with van der Waals surface area (Å²) in [4.78, 5) is 4.24. The van der Waals surface area contributed by atoms with Gasteiger partial charge in [-0.1, -0.05) is 25.1 Å². The fraction of sp³-hybridized carbons (Fsp3) is 0.267. The number of hydrogen-bond donors (Lipinski definition) is 2. The highest BCUT2D eigenvalue weighted by Crippen LogP contribution is 2.20. The Morgan fingerprint density at radius 3 is 2.48 bits per heavy atom. The van der Waals surface area contributed by atoms with Crippen LogP contribution < -0.4 is 10.0 Å². The Morgan fingerprint density at radius 1 is 1.10 bits per heavy atom. The molecule has 0 aliphatic carbocycles. The van der Waals surface area contributed by atoms with Gasteiger partial charge in [-0.2, -0.15) is 0 Å². The number of benzene rings is 1. The minimum absolute atomic E-state index is 0.148. The van der Waals surface area contributed by atoms with Crippen molar-refractivity contribution in [3.63, 3.8) is 0 Å². The number of nitrogens with zero attached hydrogens (tertiary/aromatic N) is 1. The van der Waals surface area contributed by atoms with Gasteiger partial charge in [0.25, 0.3) is 10.0 Å². The monoisotopic (exact) mass is 305 g/mol. The maximum absolute atomic E-state index is 12.4. The average Bonchev–Trinajstić information content (AvgIpc) is 2.48. The second-order valence-corrected chi connectivity index (χ2v) is 6.21. The molecule has 21 heavy (non-hydrogen) atoms. The molecule has 0 radical (unpaired) electrons. The molecule has 5 nitrogen and oxygen atoms in total. The van der Waals surface area contributed by atoms with E-state index in [0.29, 0.717) is 11.5 Å². The molecule has 0 aliphatic heterocycles. The predicted molar refractivity (Wildman–Crippen MR) is 85.0 cm³/mol. The van der Waals surface area contributed by atoms with E-state index >= 15 is 0 Å². The lowest BCUT2D eigenvalue weighted by molar-refractivity contribution is 0.601. The van der Waals surface area contributed by atoms with Crippen LogP contribution in [0.15, 0.2) is 47.5 Å². The summed E-state index contributed by atoms with van der Waals surface area (Å²) in [5, 5.41) is 3.03. The summed E-state index contributed by atoms with van der Waals surface area (Å²) in [5.74, 6) is 0.658. The van der Waals surface area contributed by atoms with Gasteiger partial charge in [0.1, 0.15) is 10.7 Å². The lowest BCUT2D eigenvalue weighted by Crippen LogP contribution is -2.14.